The first kappa shape index (κ1) is 19.0. The minimum Gasteiger partial charge on any atom is -0.381 e. The molecule has 0 radical (unpaired) electrons. The van der Waals surface area contributed by atoms with Crippen LogP contribution in [0.1, 0.15) is 19.3 Å². The summed E-state index contributed by atoms with van der Waals surface area (Å²) in [5, 5.41) is 19.4. The fourth-order valence-electron chi connectivity index (χ4n) is 3.65. The number of rotatable bonds is 6. The predicted molar refractivity (Wildman–Crippen MR) is 96.5 cm³/mol. The van der Waals surface area contributed by atoms with Gasteiger partial charge in [0.2, 0.25) is 10.0 Å². The van der Waals surface area contributed by atoms with Gasteiger partial charge in [-0.25, -0.2) is 13.6 Å². The van der Waals surface area contributed by atoms with Crippen molar-refractivity contribution in [1.82, 2.24) is 4.90 Å². The summed E-state index contributed by atoms with van der Waals surface area (Å²) in [6.45, 7) is 4.22. The third kappa shape index (κ3) is 4.50. The molecule has 0 bridgehead atoms. The second-order valence-electron chi connectivity index (χ2n) is 6.86. The predicted octanol–water partition coefficient (Wildman–Crippen LogP) is 1.16. The summed E-state index contributed by atoms with van der Waals surface area (Å²) in [6.07, 6.45) is 3.15. The summed E-state index contributed by atoms with van der Waals surface area (Å²) in [7, 11) is -3.98. The Kier molecular flexibility index (Phi) is 5.76. The molecule has 0 amide bonds. The fraction of sp³-hybridized carbons (Fsp3) is 0.625. The van der Waals surface area contributed by atoms with Crippen LogP contribution in [0.3, 0.4) is 0 Å². The molecule has 10 heteroatoms. The molecule has 144 valence electrons. The molecule has 2 saturated heterocycles. The number of nitro groups is 1. The van der Waals surface area contributed by atoms with Gasteiger partial charge in [-0.3, -0.25) is 15.0 Å². The highest BCUT2D eigenvalue weighted by molar-refractivity contribution is 7.89. The first-order valence-electron chi connectivity index (χ1n) is 8.71. The molecule has 1 aromatic rings. The summed E-state index contributed by atoms with van der Waals surface area (Å²) in [6, 6.07) is 4.26. The van der Waals surface area contributed by atoms with E-state index >= 15 is 0 Å². The van der Waals surface area contributed by atoms with Crippen molar-refractivity contribution >= 4 is 21.4 Å². The first-order valence-corrected chi connectivity index (χ1v) is 10.3. The van der Waals surface area contributed by atoms with Crippen LogP contribution in [-0.4, -0.2) is 57.1 Å². The molecule has 0 spiro atoms. The van der Waals surface area contributed by atoms with Crippen molar-refractivity contribution in [3.8, 4) is 0 Å². The molecule has 1 aromatic carbocycles. The second kappa shape index (κ2) is 7.87. The number of sulfonamides is 1. The molecule has 3 N–H and O–H groups in total. The Hall–Kier alpha value is -1.75. The maximum atomic E-state index is 11.4. The molecule has 2 aliphatic heterocycles. The van der Waals surface area contributed by atoms with E-state index in [9.17, 15) is 18.5 Å². The normalized spacial score (nSPS) is 22.4. The first-order chi connectivity index (χ1) is 12.3. The zero-order valence-corrected chi connectivity index (χ0v) is 15.3. The van der Waals surface area contributed by atoms with Crippen molar-refractivity contribution in [2.75, 3.05) is 38.2 Å². The van der Waals surface area contributed by atoms with Gasteiger partial charge in [-0.2, -0.15) is 0 Å². The summed E-state index contributed by atoms with van der Waals surface area (Å²) < 4.78 is 28.2. The number of benzene rings is 1. The molecular formula is C16H24N4O5S. The Labute approximate surface area is 152 Å². The van der Waals surface area contributed by atoms with Gasteiger partial charge in [-0.1, -0.05) is 0 Å². The third-order valence-corrected chi connectivity index (χ3v) is 6.01. The van der Waals surface area contributed by atoms with Crippen LogP contribution in [0, 0.1) is 16.0 Å². The van der Waals surface area contributed by atoms with Gasteiger partial charge in [0.25, 0.3) is 5.69 Å². The molecule has 0 saturated carbocycles. The van der Waals surface area contributed by atoms with E-state index in [1.807, 2.05) is 0 Å². The van der Waals surface area contributed by atoms with Crippen LogP contribution in [0.4, 0.5) is 11.4 Å². The molecule has 0 aromatic heterocycles. The summed E-state index contributed by atoms with van der Waals surface area (Å²) in [5.74, 6) is 0.398. The standard InChI is InChI=1S/C16H24N4O5S/c17-26(23,24)14-1-2-15(16(9-14)20(21)22)18-10-12-3-6-19(11-12)13-4-7-25-8-5-13/h1-2,9,12-13,18H,3-8,10-11H2,(H2,17,23,24)/t12-/m0/s1. The van der Waals surface area contributed by atoms with E-state index in [1.165, 1.54) is 12.1 Å². The number of anilines is 1. The Morgan fingerprint density at radius 3 is 2.69 bits per heavy atom. The molecule has 2 heterocycles. The zero-order valence-electron chi connectivity index (χ0n) is 14.5. The Morgan fingerprint density at radius 1 is 1.31 bits per heavy atom. The van der Waals surface area contributed by atoms with Crippen LogP contribution in [-0.2, 0) is 14.8 Å². The van der Waals surface area contributed by atoms with Gasteiger partial charge in [-0.05, 0) is 43.9 Å². The van der Waals surface area contributed by atoms with Crippen LogP contribution in [0.25, 0.3) is 0 Å². The van der Waals surface area contributed by atoms with E-state index in [2.05, 4.69) is 10.2 Å². The van der Waals surface area contributed by atoms with Crippen LogP contribution in [0.15, 0.2) is 23.1 Å². The highest BCUT2D eigenvalue weighted by Crippen LogP contribution is 2.29. The Bertz CT molecular complexity index is 764. The molecule has 3 rings (SSSR count). The largest absolute Gasteiger partial charge is 0.381 e. The van der Waals surface area contributed by atoms with Gasteiger partial charge in [0.1, 0.15) is 5.69 Å². The Morgan fingerprint density at radius 2 is 2.04 bits per heavy atom. The topological polar surface area (TPSA) is 128 Å². The Balaban J connectivity index is 1.62. The van der Waals surface area contributed by atoms with E-state index in [0.717, 1.165) is 51.6 Å². The maximum absolute atomic E-state index is 11.4. The van der Waals surface area contributed by atoms with Crippen LogP contribution >= 0.6 is 0 Å². The molecule has 2 aliphatic rings. The number of nitro benzene ring substituents is 1. The van der Waals surface area contributed by atoms with E-state index in [0.29, 0.717) is 24.2 Å². The van der Waals surface area contributed by atoms with E-state index < -0.39 is 14.9 Å². The lowest BCUT2D eigenvalue weighted by molar-refractivity contribution is -0.384. The van der Waals surface area contributed by atoms with Gasteiger partial charge in [-0.15, -0.1) is 0 Å². The smallest absolute Gasteiger partial charge is 0.293 e. The van der Waals surface area contributed by atoms with Crippen molar-refractivity contribution in [2.24, 2.45) is 11.1 Å². The highest BCUT2D eigenvalue weighted by Gasteiger charge is 2.29. The van der Waals surface area contributed by atoms with Gasteiger partial charge in [0.05, 0.1) is 9.82 Å². The van der Waals surface area contributed by atoms with Crippen molar-refractivity contribution in [2.45, 2.75) is 30.2 Å². The monoisotopic (exact) mass is 384 g/mol. The molecule has 26 heavy (non-hydrogen) atoms. The number of nitrogens with zero attached hydrogens (tertiary/aromatic N) is 2. The molecular weight excluding hydrogens is 360 g/mol. The van der Waals surface area contributed by atoms with Crippen molar-refractivity contribution < 1.29 is 18.1 Å². The van der Waals surface area contributed by atoms with Crippen molar-refractivity contribution in [3.05, 3.63) is 28.3 Å². The summed E-state index contributed by atoms with van der Waals surface area (Å²) in [5.41, 5.74) is 0.0303. The number of primary sulfonamides is 1. The quantitative estimate of drug-likeness (QED) is 0.556. The van der Waals surface area contributed by atoms with E-state index in [4.69, 9.17) is 9.88 Å². The van der Waals surface area contributed by atoms with Crippen molar-refractivity contribution in [1.29, 1.82) is 0 Å². The van der Waals surface area contributed by atoms with Gasteiger partial charge in [0.15, 0.2) is 0 Å². The van der Waals surface area contributed by atoms with Crippen LogP contribution in [0.5, 0.6) is 0 Å². The van der Waals surface area contributed by atoms with Gasteiger partial charge < -0.3 is 10.1 Å². The minimum atomic E-state index is -3.98. The van der Waals surface area contributed by atoms with Crippen LogP contribution in [0.2, 0.25) is 0 Å². The maximum Gasteiger partial charge on any atom is 0.293 e. The molecule has 2 fully saturated rings. The van der Waals surface area contributed by atoms with Crippen molar-refractivity contribution in [3.63, 3.8) is 0 Å². The molecule has 1 atom stereocenters. The number of nitrogens with one attached hydrogen (secondary N) is 1. The lowest BCUT2D eigenvalue weighted by Gasteiger charge is -2.31. The second-order valence-corrected chi connectivity index (χ2v) is 8.42. The fourth-order valence-corrected chi connectivity index (χ4v) is 4.19. The van der Waals surface area contributed by atoms with E-state index in [1.54, 1.807) is 0 Å². The number of nitrogens with two attached hydrogens (primary N) is 1. The summed E-state index contributed by atoms with van der Waals surface area (Å²) >= 11 is 0. The van der Waals surface area contributed by atoms with Gasteiger partial charge in [0, 0.05) is 38.4 Å². The van der Waals surface area contributed by atoms with Gasteiger partial charge >= 0.3 is 0 Å². The number of ether oxygens (including phenoxy) is 1. The number of hydrogen-bond donors (Lipinski definition) is 2. The molecule has 0 unspecified atom stereocenters. The average molecular weight is 384 g/mol. The SMILES string of the molecule is NS(=O)(=O)c1ccc(NC[C@@H]2CCN(C3CCOCC3)C2)c([N+](=O)[O-])c1. The average Bonchev–Trinajstić information content (AvgIpc) is 3.08. The lowest BCUT2D eigenvalue weighted by atomic mass is 10.1. The number of likely N-dealkylation sites (tertiary alicyclic amines) is 1. The summed E-state index contributed by atoms with van der Waals surface area (Å²) in [4.78, 5) is 12.9. The minimum absolute atomic E-state index is 0.263. The lowest BCUT2D eigenvalue weighted by Crippen LogP contribution is -2.38. The van der Waals surface area contributed by atoms with E-state index in [-0.39, 0.29) is 10.6 Å². The third-order valence-electron chi connectivity index (χ3n) is 5.10. The van der Waals surface area contributed by atoms with Crippen LogP contribution < -0.4 is 10.5 Å². The highest BCUT2D eigenvalue weighted by atomic mass is 32.2. The zero-order chi connectivity index (χ0) is 18.7. The molecule has 9 nitrogen and oxygen atoms in total. The number of hydrogen-bond acceptors (Lipinski definition) is 7. The molecule has 0 aliphatic carbocycles.